The fourth-order valence-electron chi connectivity index (χ4n) is 3.83. The van der Waals surface area contributed by atoms with E-state index < -0.39 is 6.04 Å². The van der Waals surface area contributed by atoms with Crippen LogP contribution in [0.3, 0.4) is 0 Å². The highest BCUT2D eigenvalue weighted by Gasteiger charge is 2.26. The van der Waals surface area contributed by atoms with Crippen molar-refractivity contribution in [1.82, 2.24) is 15.0 Å². The van der Waals surface area contributed by atoms with Gasteiger partial charge in [-0.05, 0) is 63.1 Å². The van der Waals surface area contributed by atoms with E-state index >= 15 is 0 Å². The molecule has 0 saturated carbocycles. The molecule has 0 saturated heterocycles. The summed E-state index contributed by atoms with van der Waals surface area (Å²) in [6.07, 6.45) is 2.95. The molecule has 2 aromatic heterocycles. The maximum Gasteiger partial charge on any atom is 0.279 e. The van der Waals surface area contributed by atoms with Gasteiger partial charge in [0.2, 0.25) is 5.91 Å². The third kappa shape index (κ3) is 3.24. The van der Waals surface area contributed by atoms with Crippen molar-refractivity contribution in [3.05, 3.63) is 50.1 Å². The molecule has 28 heavy (non-hydrogen) atoms. The summed E-state index contributed by atoms with van der Waals surface area (Å²) in [7, 11) is 0. The number of carbonyl (C=O) groups is 1. The standard InChI is InChI=1S/C21H24N4O2S/c1-11-6-8-16(13(3)9-11)22-19(26)14(4)25-21(27)18-15-7-5-12(2)10-17(15)28-20(18)23-24-25/h6,8-9,12,14H,5,7,10H2,1-4H3,(H,22,26). The Morgan fingerprint density at radius 3 is 2.89 bits per heavy atom. The van der Waals surface area contributed by atoms with Crippen LogP contribution in [0.2, 0.25) is 0 Å². The second-order valence-corrected chi connectivity index (χ2v) is 8.94. The Hall–Kier alpha value is -2.54. The monoisotopic (exact) mass is 396 g/mol. The fraction of sp³-hybridized carbons (Fsp3) is 0.429. The quantitative estimate of drug-likeness (QED) is 0.731. The molecule has 1 aliphatic carbocycles. The molecule has 3 aromatic rings. The first-order valence-electron chi connectivity index (χ1n) is 9.63. The summed E-state index contributed by atoms with van der Waals surface area (Å²) in [6.45, 7) is 7.87. The van der Waals surface area contributed by atoms with Crippen LogP contribution in [0.5, 0.6) is 0 Å². The zero-order valence-corrected chi connectivity index (χ0v) is 17.4. The molecule has 1 amide bonds. The first kappa shape index (κ1) is 18.8. The minimum atomic E-state index is -0.747. The normalized spacial score (nSPS) is 17.4. The lowest BCUT2D eigenvalue weighted by Crippen LogP contribution is -2.34. The smallest absolute Gasteiger partial charge is 0.279 e. The van der Waals surface area contributed by atoms with Crippen LogP contribution in [-0.2, 0) is 17.6 Å². The molecule has 7 heteroatoms. The van der Waals surface area contributed by atoms with Gasteiger partial charge in [0.1, 0.15) is 6.04 Å². The molecule has 0 fully saturated rings. The van der Waals surface area contributed by atoms with Crippen molar-refractivity contribution in [2.75, 3.05) is 5.32 Å². The van der Waals surface area contributed by atoms with Crippen molar-refractivity contribution < 1.29 is 4.79 Å². The van der Waals surface area contributed by atoms with Crippen LogP contribution in [0, 0.1) is 19.8 Å². The van der Waals surface area contributed by atoms with E-state index in [4.69, 9.17) is 0 Å². The highest BCUT2D eigenvalue weighted by Crippen LogP contribution is 2.35. The molecule has 1 N–H and O–H groups in total. The van der Waals surface area contributed by atoms with Crippen LogP contribution in [0.4, 0.5) is 5.69 Å². The Balaban J connectivity index is 1.67. The summed E-state index contributed by atoms with van der Waals surface area (Å²) in [4.78, 5) is 27.8. The Labute approximate surface area is 167 Å². The molecule has 1 aliphatic rings. The van der Waals surface area contributed by atoms with E-state index in [0.717, 1.165) is 41.6 Å². The Morgan fingerprint density at radius 2 is 2.14 bits per heavy atom. The molecule has 2 heterocycles. The number of carbonyl (C=O) groups excluding carboxylic acids is 1. The van der Waals surface area contributed by atoms with Crippen LogP contribution in [0.25, 0.3) is 10.2 Å². The first-order valence-corrected chi connectivity index (χ1v) is 10.4. The SMILES string of the molecule is Cc1ccc(NC(=O)C(C)n2nnc3sc4c(c3c2=O)CCC(C)C4)c(C)c1. The lowest BCUT2D eigenvalue weighted by atomic mass is 9.89. The number of aromatic nitrogens is 3. The van der Waals surface area contributed by atoms with Crippen molar-refractivity contribution in [2.24, 2.45) is 5.92 Å². The number of hydrogen-bond acceptors (Lipinski definition) is 5. The van der Waals surface area contributed by atoms with E-state index in [0.29, 0.717) is 16.1 Å². The second-order valence-electron chi connectivity index (χ2n) is 7.85. The molecule has 0 bridgehead atoms. The largest absolute Gasteiger partial charge is 0.324 e. The molecule has 0 spiro atoms. The number of aryl methyl sites for hydroxylation is 3. The molecule has 146 valence electrons. The summed E-state index contributed by atoms with van der Waals surface area (Å²) in [6, 6.07) is 5.09. The second kappa shape index (κ2) is 7.13. The number of nitrogens with zero attached hydrogens (tertiary/aromatic N) is 3. The molecule has 6 nitrogen and oxygen atoms in total. The maximum atomic E-state index is 13.1. The van der Waals surface area contributed by atoms with Gasteiger partial charge in [0, 0.05) is 10.6 Å². The van der Waals surface area contributed by atoms with Gasteiger partial charge < -0.3 is 5.32 Å². The van der Waals surface area contributed by atoms with Crippen molar-refractivity contribution in [3.8, 4) is 0 Å². The predicted octanol–water partition coefficient (Wildman–Crippen LogP) is 3.79. The molecule has 2 unspecified atom stereocenters. The van der Waals surface area contributed by atoms with E-state index in [-0.39, 0.29) is 11.5 Å². The summed E-state index contributed by atoms with van der Waals surface area (Å²) >= 11 is 1.56. The van der Waals surface area contributed by atoms with E-state index in [9.17, 15) is 9.59 Å². The number of rotatable bonds is 3. The lowest BCUT2D eigenvalue weighted by molar-refractivity contribution is -0.119. The van der Waals surface area contributed by atoms with Crippen LogP contribution >= 0.6 is 11.3 Å². The zero-order valence-electron chi connectivity index (χ0n) is 16.6. The third-order valence-electron chi connectivity index (χ3n) is 5.53. The van der Waals surface area contributed by atoms with Gasteiger partial charge in [0.05, 0.1) is 5.39 Å². The van der Waals surface area contributed by atoms with Gasteiger partial charge in [-0.2, -0.15) is 4.68 Å². The van der Waals surface area contributed by atoms with Gasteiger partial charge in [0.15, 0.2) is 4.83 Å². The van der Waals surface area contributed by atoms with E-state index in [1.165, 1.54) is 9.56 Å². The summed E-state index contributed by atoms with van der Waals surface area (Å²) in [5.74, 6) is 0.346. The molecule has 1 aromatic carbocycles. The Kier molecular flexibility index (Phi) is 4.79. The summed E-state index contributed by atoms with van der Waals surface area (Å²) in [5.41, 5.74) is 3.74. The maximum absolute atomic E-state index is 13.1. The van der Waals surface area contributed by atoms with E-state index in [2.05, 4.69) is 22.6 Å². The van der Waals surface area contributed by atoms with Crippen molar-refractivity contribution in [3.63, 3.8) is 0 Å². The molecular weight excluding hydrogens is 372 g/mol. The average molecular weight is 397 g/mol. The number of benzene rings is 1. The van der Waals surface area contributed by atoms with Gasteiger partial charge in [-0.3, -0.25) is 9.59 Å². The van der Waals surface area contributed by atoms with Crippen molar-refractivity contribution >= 4 is 33.1 Å². The lowest BCUT2D eigenvalue weighted by Gasteiger charge is -2.18. The van der Waals surface area contributed by atoms with Gasteiger partial charge in [-0.15, -0.1) is 16.4 Å². The predicted molar refractivity (Wildman–Crippen MR) is 112 cm³/mol. The first-order chi connectivity index (χ1) is 13.3. The van der Waals surface area contributed by atoms with Gasteiger partial charge in [-0.25, -0.2) is 0 Å². The highest BCUT2D eigenvalue weighted by atomic mass is 32.1. The Bertz CT molecular complexity index is 1130. The number of nitrogens with one attached hydrogen (secondary N) is 1. The summed E-state index contributed by atoms with van der Waals surface area (Å²) in [5, 5.41) is 11.9. The number of hydrogen-bond donors (Lipinski definition) is 1. The topological polar surface area (TPSA) is 76.9 Å². The van der Waals surface area contributed by atoms with E-state index in [1.807, 2.05) is 32.0 Å². The number of anilines is 1. The molecule has 0 radical (unpaired) electrons. The summed E-state index contributed by atoms with van der Waals surface area (Å²) < 4.78 is 1.21. The zero-order chi connectivity index (χ0) is 20.0. The van der Waals surface area contributed by atoms with Gasteiger partial charge >= 0.3 is 0 Å². The number of fused-ring (bicyclic) bond motifs is 3. The van der Waals surface area contributed by atoms with Crippen LogP contribution in [0.15, 0.2) is 23.0 Å². The van der Waals surface area contributed by atoms with Crippen LogP contribution in [-0.4, -0.2) is 20.9 Å². The highest BCUT2D eigenvalue weighted by molar-refractivity contribution is 7.18. The fourth-order valence-corrected chi connectivity index (χ4v) is 5.15. The van der Waals surface area contributed by atoms with Crippen LogP contribution in [0.1, 0.15) is 47.9 Å². The van der Waals surface area contributed by atoms with Crippen molar-refractivity contribution in [2.45, 2.75) is 53.0 Å². The number of thiophene rings is 1. The average Bonchev–Trinajstić information content (AvgIpc) is 3.02. The van der Waals surface area contributed by atoms with Gasteiger partial charge in [-0.1, -0.05) is 29.8 Å². The van der Waals surface area contributed by atoms with Gasteiger partial charge in [0.25, 0.3) is 5.56 Å². The minimum Gasteiger partial charge on any atom is -0.324 e. The molecule has 2 atom stereocenters. The molecule has 0 aliphatic heterocycles. The van der Waals surface area contributed by atoms with E-state index in [1.54, 1.807) is 18.3 Å². The van der Waals surface area contributed by atoms with Crippen molar-refractivity contribution in [1.29, 1.82) is 0 Å². The molecule has 4 rings (SSSR count). The number of amides is 1. The Morgan fingerprint density at radius 1 is 1.36 bits per heavy atom. The minimum absolute atomic E-state index is 0.222. The molecular formula is C21H24N4O2S. The van der Waals surface area contributed by atoms with Crippen LogP contribution < -0.4 is 10.9 Å². The third-order valence-corrected chi connectivity index (χ3v) is 6.67.